The molecule has 1 fully saturated rings. The normalized spacial score (nSPS) is 18.4. The smallest absolute Gasteiger partial charge is 0.245 e. The minimum atomic E-state index is -0.631. The number of rotatable bonds is 4. The molecule has 0 aromatic carbocycles. The molecular formula is C14H28ClN3O3. The monoisotopic (exact) mass is 321 g/mol. The second-order valence-electron chi connectivity index (χ2n) is 6.25. The fourth-order valence-corrected chi connectivity index (χ4v) is 2.00. The van der Waals surface area contributed by atoms with Gasteiger partial charge < -0.3 is 20.7 Å². The third kappa shape index (κ3) is 5.80. The van der Waals surface area contributed by atoms with Crippen LogP contribution in [0.2, 0.25) is 0 Å². The van der Waals surface area contributed by atoms with E-state index in [0.717, 1.165) is 0 Å². The van der Waals surface area contributed by atoms with E-state index in [9.17, 15) is 9.59 Å². The molecule has 2 atom stereocenters. The van der Waals surface area contributed by atoms with Gasteiger partial charge in [-0.15, -0.1) is 12.4 Å². The molecule has 0 spiro atoms. The fourth-order valence-electron chi connectivity index (χ4n) is 2.00. The predicted octanol–water partition coefficient (Wildman–Crippen LogP) is 0.535. The fraction of sp³-hybridized carbons (Fsp3) is 0.857. The Hall–Kier alpha value is -0.850. The van der Waals surface area contributed by atoms with Crippen LogP contribution in [-0.4, -0.2) is 55.1 Å². The Morgan fingerprint density at radius 1 is 1.29 bits per heavy atom. The van der Waals surface area contributed by atoms with Crippen molar-refractivity contribution in [3.63, 3.8) is 0 Å². The summed E-state index contributed by atoms with van der Waals surface area (Å²) in [6.45, 7) is 9.86. The van der Waals surface area contributed by atoms with Gasteiger partial charge >= 0.3 is 0 Å². The average molecular weight is 322 g/mol. The zero-order valence-electron chi connectivity index (χ0n) is 13.3. The predicted molar refractivity (Wildman–Crippen MR) is 84.3 cm³/mol. The molecular weight excluding hydrogens is 294 g/mol. The van der Waals surface area contributed by atoms with Crippen LogP contribution in [0, 0.1) is 5.41 Å². The Balaban J connectivity index is 0.00000400. The van der Waals surface area contributed by atoms with Crippen molar-refractivity contribution in [3.05, 3.63) is 0 Å². The summed E-state index contributed by atoms with van der Waals surface area (Å²) in [6.07, 6.45) is 0.554. The molecule has 124 valence electrons. The van der Waals surface area contributed by atoms with E-state index < -0.39 is 12.1 Å². The number of amides is 2. The van der Waals surface area contributed by atoms with Gasteiger partial charge in [0.05, 0.1) is 19.3 Å². The molecule has 7 heteroatoms. The zero-order valence-corrected chi connectivity index (χ0v) is 14.2. The van der Waals surface area contributed by atoms with Crippen LogP contribution in [0.15, 0.2) is 0 Å². The summed E-state index contributed by atoms with van der Waals surface area (Å²) in [5.74, 6) is -0.323. The van der Waals surface area contributed by atoms with Gasteiger partial charge in [0.25, 0.3) is 0 Å². The molecule has 3 N–H and O–H groups in total. The number of nitrogens with two attached hydrogens (primary N) is 1. The highest BCUT2D eigenvalue weighted by atomic mass is 35.5. The quantitative estimate of drug-likeness (QED) is 0.791. The van der Waals surface area contributed by atoms with Crippen molar-refractivity contribution >= 4 is 24.2 Å². The number of carbonyl (C=O) groups excluding carboxylic acids is 2. The Morgan fingerprint density at radius 2 is 1.81 bits per heavy atom. The van der Waals surface area contributed by atoms with Crippen molar-refractivity contribution in [2.75, 3.05) is 26.3 Å². The van der Waals surface area contributed by atoms with E-state index in [1.807, 2.05) is 27.7 Å². The highest BCUT2D eigenvalue weighted by molar-refractivity contribution is 5.90. The molecule has 1 saturated heterocycles. The second kappa shape index (κ2) is 8.56. The highest BCUT2D eigenvalue weighted by Gasteiger charge is 2.31. The molecule has 0 aromatic heterocycles. The van der Waals surface area contributed by atoms with Crippen molar-refractivity contribution in [1.29, 1.82) is 0 Å². The van der Waals surface area contributed by atoms with Gasteiger partial charge in [-0.1, -0.05) is 27.7 Å². The molecule has 0 saturated carbocycles. The molecule has 0 aromatic rings. The van der Waals surface area contributed by atoms with Gasteiger partial charge in [0.15, 0.2) is 0 Å². The molecule has 21 heavy (non-hydrogen) atoms. The van der Waals surface area contributed by atoms with Gasteiger partial charge in [0.1, 0.15) is 6.04 Å². The first-order valence-electron chi connectivity index (χ1n) is 7.20. The number of nitrogens with zero attached hydrogens (tertiary/aromatic N) is 1. The summed E-state index contributed by atoms with van der Waals surface area (Å²) in [5, 5.41) is 2.77. The number of halogens is 1. The summed E-state index contributed by atoms with van der Waals surface area (Å²) in [7, 11) is 0. The van der Waals surface area contributed by atoms with Crippen molar-refractivity contribution in [2.24, 2.45) is 11.1 Å². The van der Waals surface area contributed by atoms with E-state index in [1.54, 1.807) is 4.90 Å². The lowest BCUT2D eigenvalue weighted by Gasteiger charge is -2.32. The minimum absolute atomic E-state index is 0. The van der Waals surface area contributed by atoms with Gasteiger partial charge in [-0.05, 0) is 11.8 Å². The van der Waals surface area contributed by atoms with Crippen LogP contribution in [0.4, 0.5) is 0 Å². The zero-order chi connectivity index (χ0) is 15.3. The van der Waals surface area contributed by atoms with Crippen LogP contribution in [0.3, 0.4) is 0 Å². The Bertz CT molecular complexity index is 352. The van der Waals surface area contributed by atoms with Crippen LogP contribution in [0.5, 0.6) is 0 Å². The van der Waals surface area contributed by atoms with E-state index in [-0.39, 0.29) is 29.6 Å². The summed E-state index contributed by atoms with van der Waals surface area (Å²) >= 11 is 0. The van der Waals surface area contributed by atoms with E-state index in [4.69, 9.17) is 10.5 Å². The van der Waals surface area contributed by atoms with Crippen molar-refractivity contribution in [2.45, 2.75) is 46.2 Å². The third-order valence-electron chi connectivity index (χ3n) is 3.56. The SMILES string of the molecule is CCC(NC(=O)[C@@H](N)C(C)(C)C)C(=O)N1CCOCC1.Cl. The van der Waals surface area contributed by atoms with Gasteiger partial charge in [-0.2, -0.15) is 0 Å². The topological polar surface area (TPSA) is 84.7 Å². The van der Waals surface area contributed by atoms with E-state index in [1.165, 1.54) is 0 Å². The van der Waals surface area contributed by atoms with Crippen LogP contribution in [0.25, 0.3) is 0 Å². The van der Waals surface area contributed by atoms with E-state index in [0.29, 0.717) is 32.7 Å². The third-order valence-corrected chi connectivity index (χ3v) is 3.56. The number of carbonyl (C=O) groups is 2. The van der Waals surface area contributed by atoms with E-state index in [2.05, 4.69) is 5.32 Å². The van der Waals surface area contributed by atoms with Crippen LogP contribution in [0.1, 0.15) is 34.1 Å². The standard InChI is InChI=1S/C14H27N3O3.ClH/c1-5-10(13(19)17-6-8-20-9-7-17)16-12(18)11(15)14(2,3)4;/h10-11H,5-9,15H2,1-4H3,(H,16,18);1H/t10?,11-;/m1./s1. The Morgan fingerprint density at radius 3 is 2.24 bits per heavy atom. The lowest BCUT2D eigenvalue weighted by Crippen LogP contribution is -2.56. The summed E-state index contributed by atoms with van der Waals surface area (Å²) in [6, 6.07) is -1.14. The number of morpholine rings is 1. The lowest BCUT2D eigenvalue weighted by atomic mass is 9.87. The molecule has 1 aliphatic heterocycles. The average Bonchev–Trinajstić information content (AvgIpc) is 2.42. The number of hydrogen-bond acceptors (Lipinski definition) is 4. The second-order valence-corrected chi connectivity index (χ2v) is 6.25. The molecule has 6 nitrogen and oxygen atoms in total. The van der Waals surface area contributed by atoms with Crippen molar-refractivity contribution < 1.29 is 14.3 Å². The molecule has 2 amide bonds. The van der Waals surface area contributed by atoms with Gasteiger partial charge in [-0.3, -0.25) is 9.59 Å². The molecule has 1 heterocycles. The number of ether oxygens (including phenoxy) is 1. The number of hydrogen-bond donors (Lipinski definition) is 2. The highest BCUT2D eigenvalue weighted by Crippen LogP contribution is 2.17. The van der Waals surface area contributed by atoms with Gasteiger partial charge in [0, 0.05) is 13.1 Å². The van der Waals surface area contributed by atoms with Crippen molar-refractivity contribution in [1.82, 2.24) is 10.2 Å². The maximum Gasteiger partial charge on any atom is 0.245 e. The maximum atomic E-state index is 12.4. The molecule has 0 radical (unpaired) electrons. The van der Waals surface area contributed by atoms with E-state index >= 15 is 0 Å². The number of nitrogens with one attached hydrogen (secondary N) is 1. The largest absolute Gasteiger partial charge is 0.378 e. The van der Waals surface area contributed by atoms with Crippen LogP contribution in [-0.2, 0) is 14.3 Å². The Kier molecular flexibility index (Phi) is 8.21. The molecule has 0 aliphatic carbocycles. The van der Waals surface area contributed by atoms with Crippen LogP contribution >= 0.6 is 12.4 Å². The first-order valence-corrected chi connectivity index (χ1v) is 7.20. The van der Waals surface area contributed by atoms with Gasteiger partial charge in [-0.25, -0.2) is 0 Å². The summed E-state index contributed by atoms with van der Waals surface area (Å²) < 4.78 is 5.23. The lowest BCUT2D eigenvalue weighted by molar-refractivity contribution is -0.140. The van der Waals surface area contributed by atoms with Crippen molar-refractivity contribution in [3.8, 4) is 0 Å². The minimum Gasteiger partial charge on any atom is -0.378 e. The summed E-state index contributed by atoms with van der Waals surface area (Å²) in [5.41, 5.74) is 5.59. The summed E-state index contributed by atoms with van der Waals surface area (Å²) in [4.78, 5) is 26.2. The maximum absolute atomic E-state index is 12.4. The molecule has 1 rings (SSSR count). The van der Waals surface area contributed by atoms with Crippen LogP contribution < -0.4 is 11.1 Å². The molecule has 0 bridgehead atoms. The Labute approximate surface area is 133 Å². The van der Waals surface area contributed by atoms with Gasteiger partial charge in [0.2, 0.25) is 11.8 Å². The molecule has 1 aliphatic rings. The first kappa shape index (κ1) is 20.1. The first-order chi connectivity index (χ1) is 9.27. The molecule has 1 unspecified atom stereocenters.